The van der Waals surface area contributed by atoms with Gasteiger partial charge in [-0.15, -0.1) is 0 Å². The number of nitrogens with one attached hydrogen (secondary N) is 2. The topological polar surface area (TPSA) is 110 Å². The molecule has 0 saturated heterocycles. The summed E-state index contributed by atoms with van der Waals surface area (Å²) in [7, 11) is 0. The number of pyridine rings is 2. The van der Waals surface area contributed by atoms with Crippen LogP contribution in [0.15, 0.2) is 93.8 Å². The van der Waals surface area contributed by atoms with E-state index in [4.69, 9.17) is 18.8 Å². The number of carbonyl (C=O) groups excluding carboxylic acids is 2. The second-order valence-electron chi connectivity index (χ2n) is 11.5. The first-order chi connectivity index (χ1) is 20.7. The molecule has 0 saturated carbocycles. The van der Waals surface area contributed by atoms with Crippen LogP contribution in [0.4, 0.5) is 0 Å². The minimum absolute atomic E-state index is 0.221. The highest BCUT2D eigenvalue weighted by atomic mass is 16.3. The molecule has 0 spiro atoms. The summed E-state index contributed by atoms with van der Waals surface area (Å²) in [5.41, 5.74) is 3.18. The van der Waals surface area contributed by atoms with Gasteiger partial charge in [0.25, 0.3) is 11.8 Å². The number of benzene rings is 2. The van der Waals surface area contributed by atoms with Gasteiger partial charge in [0.15, 0.2) is 11.5 Å². The van der Waals surface area contributed by atoms with Crippen LogP contribution in [-0.2, 0) is 0 Å². The zero-order valence-electron chi connectivity index (χ0n) is 24.5. The smallest absolute Gasteiger partial charge is 0.252 e. The van der Waals surface area contributed by atoms with Crippen molar-refractivity contribution in [1.29, 1.82) is 0 Å². The Morgan fingerprint density at radius 2 is 1.07 bits per heavy atom. The van der Waals surface area contributed by atoms with E-state index in [2.05, 4.69) is 10.6 Å². The van der Waals surface area contributed by atoms with Crippen LogP contribution in [-0.4, -0.2) is 34.9 Å². The molecule has 0 bridgehead atoms. The van der Waals surface area contributed by atoms with E-state index in [1.165, 1.54) is 0 Å². The van der Waals surface area contributed by atoms with Crippen LogP contribution in [0.5, 0.6) is 0 Å². The largest absolute Gasteiger partial charge is 0.460 e. The van der Waals surface area contributed by atoms with Crippen LogP contribution in [0.1, 0.15) is 46.1 Å². The highest BCUT2D eigenvalue weighted by molar-refractivity contribution is 6.08. The summed E-state index contributed by atoms with van der Waals surface area (Å²) in [6.07, 6.45) is 0. The van der Waals surface area contributed by atoms with Gasteiger partial charge >= 0.3 is 0 Å². The number of hydrogen-bond acceptors (Lipinski definition) is 6. The first kappa shape index (κ1) is 27.9. The van der Waals surface area contributed by atoms with Gasteiger partial charge in [-0.25, -0.2) is 9.97 Å². The summed E-state index contributed by atoms with van der Waals surface area (Å²) < 4.78 is 11.5. The Bertz CT molecular complexity index is 1840. The average Bonchev–Trinajstić information content (AvgIpc) is 3.65. The van der Waals surface area contributed by atoms with Crippen LogP contribution < -0.4 is 10.6 Å². The SMILES string of the molecule is Cc1ccc(-c2cc(C(=O)NCC(C)(C)CNC(=O)c3cc(-c4ccc(C)o4)nc4ccccc34)c3ccccc3n2)o1. The van der Waals surface area contributed by atoms with Gasteiger partial charge in [-0.2, -0.15) is 0 Å². The highest BCUT2D eigenvalue weighted by Crippen LogP contribution is 2.28. The molecule has 0 atom stereocenters. The highest BCUT2D eigenvalue weighted by Gasteiger charge is 2.23. The number of aryl methyl sites for hydroxylation is 2. The zero-order valence-corrected chi connectivity index (χ0v) is 24.5. The Morgan fingerprint density at radius 3 is 1.47 bits per heavy atom. The molecule has 0 fully saturated rings. The molecular weight excluding hydrogens is 540 g/mol. The first-order valence-corrected chi connectivity index (χ1v) is 14.2. The maximum Gasteiger partial charge on any atom is 0.252 e. The molecule has 2 N–H and O–H groups in total. The number of para-hydroxylation sites is 2. The average molecular weight is 573 g/mol. The molecule has 8 heteroatoms. The van der Waals surface area contributed by atoms with Crippen molar-refractivity contribution >= 4 is 33.6 Å². The molecular formula is C35H32N4O4. The lowest BCUT2D eigenvalue weighted by Crippen LogP contribution is -2.42. The van der Waals surface area contributed by atoms with Gasteiger partial charge in [-0.3, -0.25) is 9.59 Å². The van der Waals surface area contributed by atoms with E-state index >= 15 is 0 Å². The summed E-state index contributed by atoms with van der Waals surface area (Å²) in [4.78, 5) is 36.4. The molecule has 2 amide bonds. The predicted octanol–water partition coefficient (Wildman–Crippen LogP) is 7.11. The predicted molar refractivity (Wildman–Crippen MR) is 167 cm³/mol. The fraction of sp³-hybridized carbons (Fsp3) is 0.200. The van der Waals surface area contributed by atoms with Gasteiger partial charge in [0.05, 0.1) is 22.2 Å². The lowest BCUT2D eigenvalue weighted by Gasteiger charge is -2.25. The third-order valence-corrected chi connectivity index (χ3v) is 7.36. The fourth-order valence-corrected chi connectivity index (χ4v) is 5.02. The van der Waals surface area contributed by atoms with E-state index in [0.717, 1.165) is 22.3 Å². The van der Waals surface area contributed by atoms with Crippen LogP contribution >= 0.6 is 0 Å². The van der Waals surface area contributed by atoms with Gasteiger partial charge in [-0.1, -0.05) is 50.2 Å². The molecule has 43 heavy (non-hydrogen) atoms. The minimum Gasteiger partial charge on any atom is -0.460 e. The van der Waals surface area contributed by atoms with Gasteiger partial charge in [0, 0.05) is 23.9 Å². The number of furan rings is 2. The molecule has 6 aromatic rings. The van der Waals surface area contributed by atoms with Crippen molar-refractivity contribution in [2.24, 2.45) is 5.41 Å². The van der Waals surface area contributed by atoms with E-state index in [9.17, 15) is 9.59 Å². The van der Waals surface area contributed by atoms with E-state index in [1.54, 1.807) is 12.1 Å². The molecule has 6 rings (SSSR count). The molecule has 2 aromatic carbocycles. The fourth-order valence-electron chi connectivity index (χ4n) is 5.02. The summed E-state index contributed by atoms with van der Waals surface area (Å²) in [5, 5.41) is 7.65. The number of fused-ring (bicyclic) bond motifs is 2. The van der Waals surface area contributed by atoms with E-state index in [-0.39, 0.29) is 11.8 Å². The normalized spacial score (nSPS) is 11.6. The molecule has 0 unspecified atom stereocenters. The number of rotatable bonds is 8. The number of carbonyl (C=O) groups is 2. The monoisotopic (exact) mass is 572 g/mol. The van der Waals surface area contributed by atoms with Gasteiger partial charge < -0.3 is 19.5 Å². The summed E-state index contributed by atoms with van der Waals surface area (Å²) in [5.74, 6) is 2.31. The summed E-state index contributed by atoms with van der Waals surface area (Å²) in [6.45, 7) is 8.41. The van der Waals surface area contributed by atoms with Crippen molar-refractivity contribution < 1.29 is 18.4 Å². The number of nitrogens with zero attached hydrogens (tertiary/aromatic N) is 2. The van der Waals surface area contributed by atoms with Crippen molar-refractivity contribution in [1.82, 2.24) is 20.6 Å². The van der Waals surface area contributed by atoms with Crippen LogP contribution in [0.25, 0.3) is 44.7 Å². The molecule has 0 radical (unpaired) electrons. The first-order valence-electron chi connectivity index (χ1n) is 14.2. The van der Waals surface area contributed by atoms with Crippen molar-refractivity contribution in [3.63, 3.8) is 0 Å². The van der Waals surface area contributed by atoms with Crippen LogP contribution in [0.3, 0.4) is 0 Å². The Morgan fingerprint density at radius 1 is 0.651 bits per heavy atom. The van der Waals surface area contributed by atoms with Crippen molar-refractivity contribution in [2.75, 3.05) is 13.1 Å². The van der Waals surface area contributed by atoms with Crippen LogP contribution in [0.2, 0.25) is 0 Å². The molecule has 0 aliphatic heterocycles. The Hall–Kier alpha value is -5.24. The van der Waals surface area contributed by atoms with Crippen LogP contribution in [0, 0.1) is 19.3 Å². The molecule has 0 aliphatic carbocycles. The van der Waals surface area contributed by atoms with Gasteiger partial charge in [0.1, 0.15) is 22.9 Å². The lowest BCUT2D eigenvalue weighted by atomic mass is 9.92. The maximum absolute atomic E-state index is 13.5. The van der Waals surface area contributed by atoms with Gasteiger partial charge in [0.2, 0.25) is 0 Å². The second kappa shape index (κ2) is 11.2. The maximum atomic E-state index is 13.5. The molecule has 216 valence electrons. The summed E-state index contributed by atoms with van der Waals surface area (Å²) >= 11 is 0. The lowest BCUT2D eigenvalue weighted by molar-refractivity contribution is 0.0921. The standard InChI is InChI=1S/C35H32N4O4/c1-21-13-15-31(42-21)29-17-25(23-9-5-7-11-27(23)38-29)33(40)36-19-35(3,4)20-37-34(41)26-18-30(32-16-14-22(2)43-32)39-28-12-8-6-10-24(26)28/h5-18H,19-20H2,1-4H3,(H,36,40)(H,37,41). The van der Waals surface area contributed by atoms with Crippen molar-refractivity contribution in [3.05, 3.63) is 108 Å². The molecule has 4 aromatic heterocycles. The zero-order chi connectivity index (χ0) is 30.1. The Balaban J connectivity index is 1.18. The molecule has 0 aliphatic rings. The minimum atomic E-state index is -0.446. The number of aromatic nitrogens is 2. The van der Waals surface area contributed by atoms with Crippen molar-refractivity contribution in [2.45, 2.75) is 27.7 Å². The second-order valence-corrected chi connectivity index (χ2v) is 11.5. The van der Waals surface area contributed by atoms with Crippen molar-refractivity contribution in [3.8, 4) is 22.9 Å². The Labute approximate surface area is 249 Å². The number of amides is 2. The third-order valence-electron chi connectivity index (χ3n) is 7.36. The molecule has 4 heterocycles. The van der Waals surface area contributed by atoms with E-state index < -0.39 is 5.41 Å². The van der Waals surface area contributed by atoms with E-state index in [1.807, 2.05) is 100 Å². The quantitative estimate of drug-likeness (QED) is 0.201. The van der Waals surface area contributed by atoms with E-state index in [0.29, 0.717) is 58.2 Å². The number of hydrogen-bond donors (Lipinski definition) is 2. The Kier molecular flexibility index (Phi) is 7.27. The van der Waals surface area contributed by atoms with Gasteiger partial charge in [-0.05, 0) is 67.8 Å². The summed E-state index contributed by atoms with van der Waals surface area (Å²) in [6, 6.07) is 26.1. The molecule has 8 nitrogen and oxygen atoms in total. The third kappa shape index (κ3) is 5.90.